The van der Waals surface area contributed by atoms with Crippen molar-refractivity contribution in [3.63, 3.8) is 0 Å². The second kappa shape index (κ2) is 15.9. The summed E-state index contributed by atoms with van der Waals surface area (Å²) in [5.41, 5.74) is 2.87. The summed E-state index contributed by atoms with van der Waals surface area (Å²) in [7, 11) is 0. The number of amides is 3. The zero-order valence-corrected chi connectivity index (χ0v) is 20.3. The van der Waals surface area contributed by atoms with Crippen molar-refractivity contribution in [2.45, 2.75) is 71.3 Å². The number of nitrogens with one attached hydrogen (secondary N) is 1. The standard InChI is InChI=1S/C26H35ClN2O4/c1-4-5-6-10-22(19-27)14-12-20(2)9-7-8-11-24(31)28-17-16-23(30)18-26(33)29-21(3)13-15-25(29)32/h1,7,9,13,15,18-21,30H,5-6,8,10-12,14,16-17H2,2-3H3,(H,28,31)/b9-7+,22-19+,23-18+/t20?,21-/m0/s1. The lowest BCUT2D eigenvalue weighted by Gasteiger charge is -2.17. The lowest BCUT2D eigenvalue weighted by molar-refractivity contribution is -0.139. The summed E-state index contributed by atoms with van der Waals surface area (Å²) < 4.78 is 0. The molecule has 2 atom stereocenters. The molecule has 0 saturated carbocycles. The Kier molecular flexibility index (Phi) is 13.6. The molecule has 0 aromatic carbocycles. The molecule has 1 rings (SSSR count). The van der Waals surface area contributed by atoms with Gasteiger partial charge in [-0.05, 0) is 44.9 Å². The molecule has 0 bridgehead atoms. The molecule has 1 heterocycles. The number of terminal acetylenes is 1. The molecule has 0 aromatic heterocycles. The van der Waals surface area contributed by atoms with Gasteiger partial charge in [-0.25, -0.2) is 0 Å². The Morgan fingerprint density at radius 2 is 2.09 bits per heavy atom. The molecule has 1 aliphatic heterocycles. The normalized spacial score (nSPS) is 17.5. The van der Waals surface area contributed by atoms with E-state index in [9.17, 15) is 19.5 Å². The third-order valence-electron chi connectivity index (χ3n) is 5.29. The SMILES string of the molecule is C#CCCC/C(=C\Cl)CCC(C)/C=C/CCC(=O)NCC/C(O)=C\C(=O)N1C(=O)C=C[C@@H]1C. The monoisotopic (exact) mass is 474 g/mol. The van der Waals surface area contributed by atoms with E-state index in [2.05, 4.69) is 24.2 Å². The van der Waals surface area contributed by atoms with Crippen LogP contribution in [0.3, 0.4) is 0 Å². The van der Waals surface area contributed by atoms with Crippen molar-refractivity contribution >= 4 is 29.3 Å². The van der Waals surface area contributed by atoms with Gasteiger partial charge in [0.2, 0.25) is 5.91 Å². The first-order valence-corrected chi connectivity index (χ1v) is 11.8. The van der Waals surface area contributed by atoms with Gasteiger partial charge in [-0.1, -0.05) is 42.3 Å². The van der Waals surface area contributed by atoms with E-state index >= 15 is 0 Å². The minimum absolute atomic E-state index is 0.117. The average molecular weight is 475 g/mol. The molecule has 1 aliphatic rings. The number of halogens is 1. The molecule has 0 aliphatic carbocycles. The largest absolute Gasteiger partial charge is 0.512 e. The predicted octanol–water partition coefficient (Wildman–Crippen LogP) is 4.93. The fourth-order valence-corrected chi connectivity index (χ4v) is 3.52. The Balaban J connectivity index is 2.22. The van der Waals surface area contributed by atoms with E-state index < -0.39 is 11.8 Å². The summed E-state index contributed by atoms with van der Waals surface area (Å²) in [5, 5.41) is 12.6. The minimum atomic E-state index is -0.568. The quantitative estimate of drug-likeness (QED) is 0.123. The molecule has 0 radical (unpaired) electrons. The summed E-state index contributed by atoms with van der Waals surface area (Å²) >= 11 is 5.89. The first kappa shape index (κ1) is 28.3. The molecule has 3 amide bonds. The van der Waals surface area contributed by atoms with Crippen LogP contribution < -0.4 is 5.32 Å². The lowest BCUT2D eigenvalue weighted by Crippen LogP contribution is -2.36. The van der Waals surface area contributed by atoms with Gasteiger partial charge in [0.25, 0.3) is 11.8 Å². The third-order valence-corrected chi connectivity index (χ3v) is 5.60. The Morgan fingerprint density at radius 3 is 2.73 bits per heavy atom. The van der Waals surface area contributed by atoms with Crippen LogP contribution in [-0.4, -0.2) is 40.3 Å². The zero-order chi connectivity index (χ0) is 24.6. The van der Waals surface area contributed by atoms with Crippen LogP contribution in [0.5, 0.6) is 0 Å². The Hall–Kier alpha value is -2.78. The molecule has 0 saturated heterocycles. The van der Waals surface area contributed by atoms with Crippen LogP contribution in [0.15, 0.2) is 47.2 Å². The number of aliphatic hydroxyl groups is 1. The van der Waals surface area contributed by atoms with Gasteiger partial charge >= 0.3 is 0 Å². The van der Waals surface area contributed by atoms with E-state index in [1.807, 2.05) is 6.08 Å². The van der Waals surface area contributed by atoms with E-state index in [0.717, 1.165) is 43.1 Å². The van der Waals surface area contributed by atoms with E-state index in [-0.39, 0.29) is 30.7 Å². The van der Waals surface area contributed by atoms with Crippen LogP contribution in [0.1, 0.15) is 65.2 Å². The fraction of sp³-hybridized carbons (Fsp3) is 0.500. The summed E-state index contributed by atoms with van der Waals surface area (Å²) in [4.78, 5) is 36.7. The number of aliphatic hydroxyl groups excluding tert-OH is 1. The van der Waals surface area contributed by atoms with E-state index in [1.54, 1.807) is 18.5 Å². The number of hydrogen-bond acceptors (Lipinski definition) is 4. The lowest BCUT2D eigenvalue weighted by atomic mass is 9.98. The van der Waals surface area contributed by atoms with Gasteiger partial charge in [-0.2, -0.15) is 0 Å². The summed E-state index contributed by atoms with van der Waals surface area (Å²) in [5.74, 6) is 1.75. The molecule has 0 aromatic rings. The van der Waals surface area contributed by atoms with E-state index in [0.29, 0.717) is 18.8 Å². The maximum Gasteiger partial charge on any atom is 0.257 e. The number of carbonyl (C=O) groups is 3. The van der Waals surface area contributed by atoms with Crippen molar-refractivity contribution in [3.8, 4) is 12.3 Å². The van der Waals surface area contributed by atoms with Crippen molar-refractivity contribution in [3.05, 3.63) is 47.2 Å². The Morgan fingerprint density at radius 1 is 1.33 bits per heavy atom. The smallest absolute Gasteiger partial charge is 0.257 e. The number of imide groups is 1. The number of rotatable bonds is 14. The Bertz CT molecular complexity index is 836. The van der Waals surface area contributed by atoms with Crippen molar-refractivity contribution in [2.24, 2.45) is 5.92 Å². The number of hydrogen-bond donors (Lipinski definition) is 2. The molecule has 0 spiro atoms. The molecule has 2 N–H and O–H groups in total. The molecule has 1 unspecified atom stereocenters. The summed E-state index contributed by atoms with van der Waals surface area (Å²) in [6.45, 7) is 4.06. The first-order chi connectivity index (χ1) is 15.8. The highest BCUT2D eigenvalue weighted by Crippen LogP contribution is 2.19. The molecule has 180 valence electrons. The van der Waals surface area contributed by atoms with E-state index in [1.165, 1.54) is 11.6 Å². The number of carbonyl (C=O) groups excluding carboxylic acids is 3. The van der Waals surface area contributed by atoms with Crippen LogP contribution in [0.2, 0.25) is 0 Å². The van der Waals surface area contributed by atoms with Crippen LogP contribution in [0.25, 0.3) is 0 Å². The zero-order valence-electron chi connectivity index (χ0n) is 19.6. The fourth-order valence-electron chi connectivity index (χ4n) is 3.30. The summed E-state index contributed by atoms with van der Waals surface area (Å²) in [6, 6.07) is -0.331. The van der Waals surface area contributed by atoms with Crippen molar-refractivity contribution in [2.75, 3.05) is 6.54 Å². The van der Waals surface area contributed by atoms with Crippen molar-refractivity contribution in [1.29, 1.82) is 0 Å². The van der Waals surface area contributed by atoms with Crippen LogP contribution in [-0.2, 0) is 14.4 Å². The first-order valence-electron chi connectivity index (χ1n) is 11.4. The third kappa shape index (κ3) is 11.6. The average Bonchev–Trinajstić information content (AvgIpc) is 3.11. The van der Waals surface area contributed by atoms with Gasteiger partial charge in [0.05, 0.1) is 11.8 Å². The van der Waals surface area contributed by atoms with Crippen molar-refractivity contribution < 1.29 is 19.5 Å². The van der Waals surface area contributed by atoms with E-state index in [4.69, 9.17) is 18.0 Å². The number of allylic oxidation sites excluding steroid dienone is 3. The van der Waals surface area contributed by atoms with Gasteiger partial charge in [-0.15, -0.1) is 12.3 Å². The van der Waals surface area contributed by atoms with Gasteiger partial charge in [0.15, 0.2) is 0 Å². The van der Waals surface area contributed by atoms with Gasteiger partial charge < -0.3 is 10.4 Å². The Labute approximate surface area is 202 Å². The molecular weight excluding hydrogens is 440 g/mol. The van der Waals surface area contributed by atoms with Gasteiger partial charge in [-0.3, -0.25) is 19.3 Å². The van der Waals surface area contributed by atoms with Crippen LogP contribution in [0, 0.1) is 18.3 Å². The highest BCUT2D eigenvalue weighted by atomic mass is 35.5. The molecular formula is C26H35ClN2O4. The number of unbranched alkanes of at least 4 members (excludes halogenated alkanes) is 1. The van der Waals surface area contributed by atoms with Crippen molar-refractivity contribution in [1.82, 2.24) is 10.2 Å². The molecule has 33 heavy (non-hydrogen) atoms. The van der Waals surface area contributed by atoms with Gasteiger partial charge in [0.1, 0.15) is 0 Å². The highest BCUT2D eigenvalue weighted by molar-refractivity contribution is 6.25. The topological polar surface area (TPSA) is 86.7 Å². The maximum absolute atomic E-state index is 12.1. The van der Waals surface area contributed by atoms with Crippen LogP contribution in [0.4, 0.5) is 0 Å². The second-order valence-electron chi connectivity index (χ2n) is 8.19. The highest BCUT2D eigenvalue weighted by Gasteiger charge is 2.27. The minimum Gasteiger partial charge on any atom is -0.512 e. The summed E-state index contributed by atoms with van der Waals surface area (Å²) in [6.07, 6.45) is 19.0. The molecule has 0 fully saturated rings. The number of nitrogens with zero attached hydrogens (tertiary/aromatic N) is 1. The maximum atomic E-state index is 12.1. The van der Waals surface area contributed by atoms with Gasteiger partial charge in [0, 0.05) is 43.5 Å². The molecule has 7 heteroatoms. The van der Waals surface area contributed by atoms with Crippen LogP contribution >= 0.6 is 11.6 Å². The molecule has 6 nitrogen and oxygen atoms in total. The predicted molar refractivity (Wildman–Crippen MR) is 132 cm³/mol. The second-order valence-corrected chi connectivity index (χ2v) is 8.41.